The van der Waals surface area contributed by atoms with Gasteiger partial charge in [-0.15, -0.1) is 0 Å². The zero-order valence-electron chi connectivity index (χ0n) is 9.90. The second-order valence-corrected chi connectivity index (χ2v) is 10.7. The van der Waals surface area contributed by atoms with Gasteiger partial charge in [0.25, 0.3) is 0 Å². The first kappa shape index (κ1) is 23.4. The summed E-state index contributed by atoms with van der Waals surface area (Å²) in [5.74, 6) is 0. The zero-order valence-corrected chi connectivity index (χ0v) is 18.0. The van der Waals surface area contributed by atoms with Crippen LogP contribution in [-0.2, 0) is 0 Å². The molecule has 0 N–H and O–H groups in total. The van der Waals surface area contributed by atoms with Gasteiger partial charge >= 0.3 is 0 Å². The van der Waals surface area contributed by atoms with Crippen LogP contribution in [0.25, 0.3) is 6.08 Å². The van der Waals surface area contributed by atoms with E-state index in [2.05, 4.69) is 63.3 Å². The molecule has 0 amide bonds. The van der Waals surface area contributed by atoms with Crippen LogP contribution in [-0.4, -0.2) is 27.9 Å². The fourth-order valence-electron chi connectivity index (χ4n) is 0.937. The van der Waals surface area contributed by atoms with Gasteiger partial charge in [-0.3, -0.25) is 0 Å². The van der Waals surface area contributed by atoms with Crippen LogP contribution in [0.15, 0.2) is 27.1 Å². The van der Waals surface area contributed by atoms with Gasteiger partial charge < -0.3 is 24.8 Å². The summed E-state index contributed by atoms with van der Waals surface area (Å²) >= 11 is 7.06. The SMILES string of the molecule is C[Si](C)(C)[C]=Cc1c(Br)cccc1Br.[Cl-].[Cl-].[Ga]. The maximum absolute atomic E-state index is 3.53. The molecule has 0 spiro atoms. The largest absolute Gasteiger partial charge is 1.00 e. The number of benzene rings is 1. The number of halogens is 4. The van der Waals surface area contributed by atoms with Crippen molar-refractivity contribution in [2.45, 2.75) is 19.6 Å². The standard InChI is InChI=1S/C11H13Br2Si.2ClH.Ga/c1-14(2,3)8-7-9-10(12)5-4-6-11(9)13;;;/h4-7H,1-3H3;2*1H;/p-2. The zero-order chi connectivity index (χ0) is 10.8. The van der Waals surface area contributed by atoms with Crippen LogP contribution in [0.5, 0.6) is 0 Å². The number of hydrogen-bond donors (Lipinski definition) is 0. The molecule has 0 aliphatic rings. The minimum Gasteiger partial charge on any atom is -1.00 e. The molecule has 1 rings (SSSR count). The van der Waals surface area contributed by atoms with Crippen molar-refractivity contribution in [1.29, 1.82) is 0 Å². The van der Waals surface area contributed by atoms with Gasteiger partial charge in [-0.05, 0) is 12.1 Å². The van der Waals surface area contributed by atoms with E-state index in [1.807, 2.05) is 18.2 Å². The second kappa shape index (κ2) is 10.2. The molecule has 0 fully saturated rings. The molecule has 0 nitrogen and oxygen atoms in total. The molecule has 0 bridgehead atoms. The number of rotatable bonds is 2. The average Bonchev–Trinajstić information content (AvgIpc) is 2.01. The van der Waals surface area contributed by atoms with Gasteiger partial charge in [0.1, 0.15) is 0 Å². The van der Waals surface area contributed by atoms with Gasteiger partial charge in [0.2, 0.25) is 0 Å². The second-order valence-electron chi connectivity index (χ2n) is 4.17. The van der Waals surface area contributed by atoms with E-state index < -0.39 is 8.07 Å². The van der Waals surface area contributed by atoms with Gasteiger partial charge in [-0.2, -0.15) is 0 Å². The van der Waals surface area contributed by atoms with Gasteiger partial charge in [0.15, 0.2) is 0 Å². The Labute approximate surface area is 147 Å². The summed E-state index contributed by atoms with van der Waals surface area (Å²) in [4.78, 5) is 0. The first-order chi connectivity index (χ1) is 6.40. The van der Waals surface area contributed by atoms with E-state index in [9.17, 15) is 0 Å². The quantitative estimate of drug-likeness (QED) is 0.461. The van der Waals surface area contributed by atoms with Gasteiger partial charge in [0, 0.05) is 34.3 Å². The molecule has 0 aliphatic carbocycles. The summed E-state index contributed by atoms with van der Waals surface area (Å²) in [6.45, 7) is 6.82. The molecule has 6 heteroatoms. The monoisotopic (exact) mass is 470 g/mol. The third-order valence-electron chi connectivity index (χ3n) is 1.65. The Hall–Kier alpha value is 1.35. The van der Waals surface area contributed by atoms with E-state index in [1.54, 1.807) is 0 Å². The predicted octanol–water partition coefficient (Wildman–Crippen LogP) is -1.47. The smallest absolute Gasteiger partial charge is 0.0774 e. The van der Waals surface area contributed by atoms with E-state index in [1.165, 1.54) is 5.56 Å². The maximum atomic E-state index is 3.53. The Bertz CT molecular complexity index is 345. The van der Waals surface area contributed by atoms with Crippen LogP contribution in [0, 0.1) is 5.70 Å². The van der Waals surface area contributed by atoms with Crippen molar-refractivity contribution < 1.29 is 24.8 Å². The Morgan fingerprint density at radius 3 is 1.82 bits per heavy atom. The first-order valence-electron chi connectivity index (χ1n) is 4.45. The van der Waals surface area contributed by atoms with Crippen LogP contribution in [0.4, 0.5) is 0 Å². The van der Waals surface area contributed by atoms with E-state index >= 15 is 0 Å². The molecule has 17 heavy (non-hydrogen) atoms. The van der Waals surface area contributed by atoms with Crippen molar-refractivity contribution in [3.63, 3.8) is 0 Å². The Kier molecular flexibility index (Phi) is 14.0. The summed E-state index contributed by atoms with van der Waals surface area (Å²) in [6, 6.07) is 6.10. The maximum Gasteiger partial charge on any atom is 0.0774 e. The molecule has 1 aromatic carbocycles. The van der Waals surface area contributed by atoms with Crippen LogP contribution in [0.3, 0.4) is 0 Å². The van der Waals surface area contributed by atoms with Gasteiger partial charge in [-0.1, -0.05) is 69.3 Å². The summed E-state index contributed by atoms with van der Waals surface area (Å²) in [5, 5.41) is 0. The Morgan fingerprint density at radius 2 is 1.47 bits per heavy atom. The van der Waals surface area contributed by atoms with Crippen molar-refractivity contribution in [2.75, 3.05) is 0 Å². The summed E-state index contributed by atoms with van der Waals surface area (Å²) in [6.07, 6.45) is 2.08. The van der Waals surface area contributed by atoms with Crippen molar-refractivity contribution in [3.05, 3.63) is 38.4 Å². The molecule has 0 heterocycles. The Morgan fingerprint density at radius 1 is 1.06 bits per heavy atom. The van der Waals surface area contributed by atoms with Crippen LogP contribution in [0.1, 0.15) is 5.56 Å². The molecule has 0 saturated carbocycles. The molecule has 0 atom stereocenters. The molecular formula is C11H13Br2Cl2GaSi-2. The van der Waals surface area contributed by atoms with Crippen LogP contribution < -0.4 is 24.8 Å². The average molecular weight is 474 g/mol. The van der Waals surface area contributed by atoms with Crippen LogP contribution >= 0.6 is 31.9 Å². The van der Waals surface area contributed by atoms with Crippen LogP contribution in [0.2, 0.25) is 19.6 Å². The van der Waals surface area contributed by atoms with Gasteiger partial charge in [-0.25, -0.2) is 0 Å². The van der Waals surface area contributed by atoms with Crippen molar-refractivity contribution in [3.8, 4) is 0 Å². The first-order valence-corrected chi connectivity index (χ1v) is 9.54. The molecule has 0 saturated heterocycles. The fraction of sp³-hybridized carbons (Fsp3) is 0.273. The molecule has 0 aliphatic heterocycles. The molecular weight excluding hydrogens is 461 g/mol. The van der Waals surface area contributed by atoms with Crippen molar-refractivity contribution in [1.82, 2.24) is 0 Å². The summed E-state index contributed by atoms with van der Waals surface area (Å²) < 4.78 is 2.22. The summed E-state index contributed by atoms with van der Waals surface area (Å²) in [5.41, 5.74) is 4.65. The number of hydrogen-bond acceptors (Lipinski definition) is 0. The minimum atomic E-state index is -1.23. The Balaban J connectivity index is -0.000000653. The minimum absolute atomic E-state index is 0. The van der Waals surface area contributed by atoms with E-state index in [4.69, 9.17) is 0 Å². The van der Waals surface area contributed by atoms with E-state index in [0.717, 1.165) is 8.95 Å². The van der Waals surface area contributed by atoms with Crippen molar-refractivity contribution >= 4 is 65.8 Å². The third-order valence-corrected chi connectivity index (χ3v) is 4.04. The van der Waals surface area contributed by atoms with Crippen molar-refractivity contribution in [2.24, 2.45) is 0 Å². The normalized spacial score (nSPS) is 10.2. The molecule has 4 radical (unpaired) electrons. The molecule has 94 valence electrons. The van der Waals surface area contributed by atoms with E-state index in [0.29, 0.717) is 0 Å². The molecule has 0 unspecified atom stereocenters. The molecule has 1 aromatic rings. The third kappa shape index (κ3) is 8.97. The fourth-order valence-corrected chi connectivity index (χ4v) is 2.74. The van der Waals surface area contributed by atoms with E-state index in [-0.39, 0.29) is 44.6 Å². The predicted molar refractivity (Wildman–Crippen MR) is 78.6 cm³/mol. The molecule has 0 aromatic heterocycles. The topological polar surface area (TPSA) is 0 Å². The van der Waals surface area contributed by atoms with Gasteiger partial charge in [0.05, 0.1) is 8.07 Å². The summed E-state index contributed by atoms with van der Waals surface area (Å²) in [7, 11) is -1.23.